The topological polar surface area (TPSA) is 86.4 Å². The van der Waals surface area contributed by atoms with E-state index in [-0.39, 0.29) is 11.9 Å². The van der Waals surface area contributed by atoms with Gasteiger partial charge >= 0.3 is 6.03 Å². The fraction of sp³-hybridized carbons (Fsp3) is 0.269. The molecule has 1 fully saturated rings. The predicted molar refractivity (Wildman–Crippen MR) is 135 cm³/mol. The average Bonchev–Trinajstić information content (AvgIpc) is 2.87. The number of anilines is 2. The third-order valence-corrected chi connectivity index (χ3v) is 6.38. The Bertz CT molecular complexity index is 1100. The van der Waals surface area contributed by atoms with Gasteiger partial charge in [-0.05, 0) is 61.7 Å². The number of amides is 3. The Kier molecular flexibility index (Phi) is 7.33. The summed E-state index contributed by atoms with van der Waals surface area (Å²) in [6.45, 7) is 3.40. The fourth-order valence-electron chi connectivity index (χ4n) is 4.12. The van der Waals surface area contributed by atoms with E-state index in [2.05, 4.69) is 25.8 Å². The first-order valence-electron chi connectivity index (χ1n) is 11.3. The number of carbonyl (C=O) groups is 2. The lowest BCUT2D eigenvalue weighted by atomic mass is 9.90. The third kappa shape index (κ3) is 5.66. The van der Waals surface area contributed by atoms with E-state index >= 15 is 0 Å². The first kappa shape index (κ1) is 23.6. The number of pyridine rings is 1. The lowest BCUT2D eigenvalue weighted by Gasteiger charge is -2.36. The van der Waals surface area contributed by atoms with E-state index < -0.39 is 11.6 Å². The number of rotatable bonds is 6. The van der Waals surface area contributed by atoms with Gasteiger partial charge in [-0.1, -0.05) is 41.9 Å². The van der Waals surface area contributed by atoms with Crippen molar-refractivity contribution in [2.24, 2.45) is 0 Å². The molecule has 4 rings (SSSR count). The summed E-state index contributed by atoms with van der Waals surface area (Å²) in [5, 5.41) is 9.41. The van der Waals surface area contributed by atoms with Crippen molar-refractivity contribution in [3.8, 4) is 0 Å². The first-order chi connectivity index (χ1) is 16.4. The van der Waals surface area contributed by atoms with Crippen LogP contribution in [-0.2, 0) is 10.3 Å². The van der Waals surface area contributed by atoms with Crippen LogP contribution in [0.5, 0.6) is 0 Å². The van der Waals surface area contributed by atoms with Gasteiger partial charge < -0.3 is 20.9 Å². The summed E-state index contributed by atoms with van der Waals surface area (Å²) >= 11 is 5.93. The minimum atomic E-state index is -1.25. The number of carbonyl (C=O) groups excluding carboxylic acids is 2. The van der Waals surface area contributed by atoms with E-state index in [1.54, 1.807) is 43.6 Å². The highest BCUT2D eigenvalue weighted by Crippen LogP contribution is 2.24. The maximum absolute atomic E-state index is 13.5. The van der Waals surface area contributed by atoms with Gasteiger partial charge in [0.1, 0.15) is 5.54 Å². The van der Waals surface area contributed by atoms with Crippen LogP contribution in [0.25, 0.3) is 0 Å². The molecular formula is C26H28ClN5O2. The van der Waals surface area contributed by atoms with Crippen molar-refractivity contribution in [3.05, 3.63) is 89.7 Å². The van der Waals surface area contributed by atoms with Crippen LogP contribution < -0.4 is 20.9 Å². The molecule has 7 nitrogen and oxygen atoms in total. The molecule has 0 radical (unpaired) electrons. The monoisotopic (exact) mass is 477 g/mol. The molecule has 8 heteroatoms. The molecule has 2 heterocycles. The molecule has 1 atom stereocenters. The molecule has 3 N–H and O–H groups in total. The minimum Gasteiger partial charge on any atom is -0.371 e. The molecule has 176 valence electrons. The van der Waals surface area contributed by atoms with Gasteiger partial charge in [0, 0.05) is 47.9 Å². The van der Waals surface area contributed by atoms with Crippen LogP contribution in [-0.4, -0.2) is 36.1 Å². The molecule has 3 aromatic rings. The van der Waals surface area contributed by atoms with Gasteiger partial charge in [0.15, 0.2) is 0 Å². The van der Waals surface area contributed by atoms with Gasteiger partial charge in [0.05, 0.1) is 0 Å². The van der Waals surface area contributed by atoms with Gasteiger partial charge in [-0.15, -0.1) is 0 Å². The van der Waals surface area contributed by atoms with Gasteiger partial charge in [0.2, 0.25) is 5.91 Å². The number of nitrogens with zero attached hydrogens (tertiary/aromatic N) is 2. The number of halogens is 1. The Morgan fingerprint density at radius 2 is 1.62 bits per heavy atom. The number of hydrogen-bond acceptors (Lipinski definition) is 4. The molecule has 1 aliphatic heterocycles. The molecule has 1 saturated heterocycles. The second kappa shape index (κ2) is 10.6. The standard InChI is InChI=1S/C26H28ClN5O2/c1-26(19-5-3-2-4-6-19,31-25(34)30-21-9-7-20(27)8-10-21)24(33)29-22-13-17-32(18-14-22)23-11-15-28-16-12-23/h2-12,15-16,22H,13-14,17-18H2,1H3,(H,29,33)(H2,30,31,34)/t26-/m1/s1. The molecule has 34 heavy (non-hydrogen) atoms. The third-order valence-electron chi connectivity index (χ3n) is 6.13. The lowest BCUT2D eigenvalue weighted by molar-refractivity contribution is -0.127. The van der Waals surface area contributed by atoms with Crippen molar-refractivity contribution < 1.29 is 9.59 Å². The number of benzene rings is 2. The van der Waals surface area contributed by atoms with E-state index in [4.69, 9.17) is 11.6 Å². The molecule has 2 aromatic carbocycles. The maximum atomic E-state index is 13.5. The summed E-state index contributed by atoms with van der Waals surface area (Å²) in [5.41, 5.74) is 1.17. The highest BCUT2D eigenvalue weighted by molar-refractivity contribution is 6.30. The van der Waals surface area contributed by atoms with E-state index in [1.807, 2.05) is 42.5 Å². The highest BCUT2D eigenvalue weighted by atomic mass is 35.5. The second-order valence-electron chi connectivity index (χ2n) is 8.52. The van der Waals surface area contributed by atoms with E-state index in [9.17, 15) is 9.59 Å². The molecule has 0 saturated carbocycles. The number of nitrogens with one attached hydrogen (secondary N) is 3. The zero-order valence-electron chi connectivity index (χ0n) is 19.0. The Labute approximate surface area is 204 Å². The van der Waals surface area contributed by atoms with Crippen LogP contribution in [0.15, 0.2) is 79.1 Å². The average molecular weight is 478 g/mol. The summed E-state index contributed by atoms with van der Waals surface area (Å²) in [6.07, 6.45) is 5.20. The van der Waals surface area contributed by atoms with Crippen molar-refractivity contribution in [1.82, 2.24) is 15.6 Å². The summed E-state index contributed by atoms with van der Waals surface area (Å²) in [4.78, 5) is 32.7. The molecule has 0 unspecified atom stereocenters. The predicted octanol–water partition coefficient (Wildman–Crippen LogP) is 4.56. The number of hydrogen-bond donors (Lipinski definition) is 3. The van der Waals surface area contributed by atoms with Crippen LogP contribution >= 0.6 is 11.6 Å². The SMILES string of the molecule is C[C@](NC(=O)Nc1ccc(Cl)cc1)(C(=O)NC1CCN(c2ccncc2)CC1)c1ccccc1. The summed E-state index contributed by atoms with van der Waals surface area (Å²) in [6, 6.07) is 19.6. The van der Waals surface area contributed by atoms with Crippen LogP contribution in [0.2, 0.25) is 5.02 Å². The lowest BCUT2D eigenvalue weighted by Crippen LogP contribution is -2.58. The largest absolute Gasteiger partial charge is 0.371 e. The zero-order chi connectivity index (χ0) is 24.0. The van der Waals surface area contributed by atoms with Gasteiger partial charge in [0.25, 0.3) is 0 Å². The van der Waals surface area contributed by atoms with Crippen molar-refractivity contribution in [1.29, 1.82) is 0 Å². The van der Waals surface area contributed by atoms with Crippen LogP contribution in [0.4, 0.5) is 16.2 Å². The van der Waals surface area contributed by atoms with E-state index in [0.29, 0.717) is 16.3 Å². The Balaban J connectivity index is 1.43. The Hall–Kier alpha value is -3.58. The molecule has 3 amide bonds. The van der Waals surface area contributed by atoms with Crippen LogP contribution in [0, 0.1) is 0 Å². The van der Waals surface area contributed by atoms with Crippen molar-refractivity contribution >= 4 is 34.9 Å². The summed E-state index contributed by atoms with van der Waals surface area (Å²) < 4.78 is 0. The van der Waals surface area contributed by atoms with Gasteiger partial charge in [-0.3, -0.25) is 9.78 Å². The Morgan fingerprint density at radius 3 is 2.26 bits per heavy atom. The first-order valence-corrected chi connectivity index (χ1v) is 11.7. The van der Waals surface area contributed by atoms with Crippen molar-refractivity contribution in [3.63, 3.8) is 0 Å². The quantitative estimate of drug-likeness (QED) is 0.486. The summed E-state index contributed by atoms with van der Waals surface area (Å²) in [7, 11) is 0. The molecule has 1 aromatic heterocycles. The van der Waals surface area contributed by atoms with Gasteiger partial charge in [-0.25, -0.2) is 4.79 Å². The fourth-order valence-corrected chi connectivity index (χ4v) is 4.25. The van der Waals surface area contributed by atoms with Gasteiger partial charge in [-0.2, -0.15) is 0 Å². The van der Waals surface area contributed by atoms with E-state index in [0.717, 1.165) is 31.6 Å². The summed E-state index contributed by atoms with van der Waals surface area (Å²) in [5.74, 6) is -0.243. The van der Waals surface area contributed by atoms with Crippen LogP contribution in [0.1, 0.15) is 25.3 Å². The second-order valence-corrected chi connectivity index (χ2v) is 8.95. The van der Waals surface area contributed by atoms with Crippen molar-refractivity contribution in [2.75, 3.05) is 23.3 Å². The zero-order valence-corrected chi connectivity index (χ0v) is 19.8. The molecular weight excluding hydrogens is 450 g/mol. The number of urea groups is 1. The Morgan fingerprint density at radius 1 is 0.971 bits per heavy atom. The highest BCUT2D eigenvalue weighted by Gasteiger charge is 2.38. The van der Waals surface area contributed by atoms with Crippen LogP contribution in [0.3, 0.4) is 0 Å². The molecule has 0 aliphatic carbocycles. The molecule has 0 bridgehead atoms. The molecule has 1 aliphatic rings. The van der Waals surface area contributed by atoms with E-state index in [1.165, 1.54) is 0 Å². The number of aromatic nitrogens is 1. The number of piperidine rings is 1. The normalized spacial score (nSPS) is 15.8. The minimum absolute atomic E-state index is 0.0229. The van der Waals surface area contributed by atoms with Crippen molar-refractivity contribution in [2.45, 2.75) is 31.3 Å². The smallest absolute Gasteiger partial charge is 0.320 e. The maximum Gasteiger partial charge on any atom is 0.320 e. The molecule has 0 spiro atoms.